The number of furan rings is 1. The SMILES string of the molecule is CCNC(=NCc1ccc(Br)cc1)N1CCN(C(=O)c2ccco2)CC1. The van der Waals surface area contributed by atoms with Crippen LogP contribution >= 0.6 is 15.9 Å². The Morgan fingerprint density at radius 2 is 1.85 bits per heavy atom. The van der Waals surface area contributed by atoms with Crippen molar-refractivity contribution in [2.24, 2.45) is 4.99 Å². The number of nitrogens with zero attached hydrogens (tertiary/aromatic N) is 3. The maximum absolute atomic E-state index is 12.4. The number of nitrogens with one attached hydrogen (secondary N) is 1. The molecular weight excluding hydrogens is 396 g/mol. The molecule has 2 heterocycles. The van der Waals surface area contributed by atoms with Gasteiger partial charge in [0.25, 0.3) is 5.91 Å². The lowest BCUT2D eigenvalue weighted by Gasteiger charge is -2.36. The van der Waals surface area contributed by atoms with Gasteiger partial charge in [0.05, 0.1) is 12.8 Å². The standard InChI is InChI=1S/C19H23BrN4O2/c1-2-21-19(22-14-15-5-7-16(20)8-6-15)24-11-9-23(10-12-24)18(25)17-4-3-13-26-17/h3-8,13H,2,9-12,14H2,1H3,(H,21,22). The van der Waals surface area contributed by atoms with E-state index in [9.17, 15) is 4.79 Å². The summed E-state index contributed by atoms with van der Waals surface area (Å²) >= 11 is 3.45. The fourth-order valence-corrected chi connectivity index (χ4v) is 3.12. The van der Waals surface area contributed by atoms with Gasteiger partial charge in [0.2, 0.25) is 0 Å². The summed E-state index contributed by atoms with van der Waals surface area (Å²) in [5, 5.41) is 3.35. The monoisotopic (exact) mass is 418 g/mol. The normalized spacial score (nSPS) is 15.2. The number of halogens is 1. The number of hydrogen-bond acceptors (Lipinski definition) is 3. The molecule has 0 atom stereocenters. The van der Waals surface area contributed by atoms with Crippen LogP contribution in [0.2, 0.25) is 0 Å². The van der Waals surface area contributed by atoms with E-state index in [0.29, 0.717) is 25.4 Å². The maximum Gasteiger partial charge on any atom is 0.289 e. The second-order valence-electron chi connectivity index (χ2n) is 6.05. The Hall–Kier alpha value is -2.28. The Balaban J connectivity index is 1.60. The van der Waals surface area contributed by atoms with Gasteiger partial charge >= 0.3 is 0 Å². The molecular formula is C19H23BrN4O2. The molecule has 1 saturated heterocycles. The number of rotatable bonds is 4. The molecule has 138 valence electrons. The van der Waals surface area contributed by atoms with Crippen LogP contribution in [0.25, 0.3) is 0 Å². The van der Waals surface area contributed by atoms with Crippen molar-refractivity contribution in [3.8, 4) is 0 Å². The zero-order valence-corrected chi connectivity index (χ0v) is 16.4. The molecule has 1 N–H and O–H groups in total. The highest BCUT2D eigenvalue weighted by Crippen LogP contribution is 2.12. The molecule has 0 aliphatic carbocycles. The molecule has 0 bridgehead atoms. The van der Waals surface area contributed by atoms with Crippen LogP contribution in [0.1, 0.15) is 23.0 Å². The number of guanidine groups is 1. The van der Waals surface area contributed by atoms with Crippen molar-refractivity contribution in [3.63, 3.8) is 0 Å². The van der Waals surface area contributed by atoms with Gasteiger partial charge in [-0.25, -0.2) is 4.99 Å². The predicted molar refractivity (Wildman–Crippen MR) is 105 cm³/mol. The first-order valence-electron chi connectivity index (χ1n) is 8.78. The number of amides is 1. The van der Waals surface area contributed by atoms with Gasteiger partial charge in [-0.1, -0.05) is 28.1 Å². The molecule has 6 nitrogen and oxygen atoms in total. The Bertz CT molecular complexity index is 735. The van der Waals surface area contributed by atoms with E-state index in [1.54, 1.807) is 12.1 Å². The van der Waals surface area contributed by atoms with Gasteiger partial charge in [0.15, 0.2) is 11.7 Å². The fourth-order valence-electron chi connectivity index (χ4n) is 2.86. The van der Waals surface area contributed by atoms with Crippen LogP contribution in [0.5, 0.6) is 0 Å². The fraction of sp³-hybridized carbons (Fsp3) is 0.368. The lowest BCUT2D eigenvalue weighted by atomic mass is 10.2. The van der Waals surface area contributed by atoms with Gasteiger partial charge in [-0.05, 0) is 36.8 Å². The molecule has 0 spiro atoms. The number of hydrogen-bond donors (Lipinski definition) is 1. The van der Waals surface area contributed by atoms with Crippen molar-refractivity contribution in [3.05, 3.63) is 58.5 Å². The van der Waals surface area contributed by atoms with E-state index in [2.05, 4.69) is 45.2 Å². The summed E-state index contributed by atoms with van der Waals surface area (Å²) in [7, 11) is 0. The average molecular weight is 419 g/mol. The Labute approximate surface area is 162 Å². The first-order chi connectivity index (χ1) is 12.7. The van der Waals surface area contributed by atoms with Crippen molar-refractivity contribution in [2.75, 3.05) is 32.7 Å². The summed E-state index contributed by atoms with van der Waals surface area (Å²) in [5.74, 6) is 1.24. The number of piperazine rings is 1. The van der Waals surface area contributed by atoms with E-state index in [4.69, 9.17) is 9.41 Å². The van der Waals surface area contributed by atoms with Gasteiger partial charge in [-0.15, -0.1) is 0 Å². The third-order valence-corrected chi connectivity index (χ3v) is 4.79. The number of carbonyl (C=O) groups is 1. The molecule has 3 rings (SSSR count). The highest BCUT2D eigenvalue weighted by atomic mass is 79.9. The first-order valence-corrected chi connectivity index (χ1v) is 9.57. The van der Waals surface area contributed by atoms with Gasteiger partial charge in [0.1, 0.15) is 0 Å². The zero-order valence-electron chi connectivity index (χ0n) is 14.8. The quantitative estimate of drug-likeness (QED) is 0.612. The largest absolute Gasteiger partial charge is 0.459 e. The van der Waals surface area contributed by atoms with E-state index >= 15 is 0 Å². The highest BCUT2D eigenvalue weighted by molar-refractivity contribution is 9.10. The minimum absolute atomic E-state index is 0.0496. The van der Waals surface area contributed by atoms with E-state index < -0.39 is 0 Å². The summed E-state index contributed by atoms with van der Waals surface area (Å²) in [5.41, 5.74) is 1.16. The summed E-state index contributed by atoms with van der Waals surface area (Å²) in [6, 6.07) is 11.6. The molecule has 1 aliphatic heterocycles. The molecule has 26 heavy (non-hydrogen) atoms. The lowest BCUT2D eigenvalue weighted by molar-refractivity contribution is 0.0657. The minimum Gasteiger partial charge on any atom is -0.459 e. The molecule has 2 aromatic rings. The van der Waals surface area contributed by atoms with E-state index in [1.165, 1.54) is 6.26 Å². The van der Waals surface area contributed by atoms with Gasteiger partial charge in [-0.2, -0.15) is 0 Å². The van der Waals surface area contributed by atoms with Crippen LogP contribution in [0, 0.1) is 0 Å². The third-order valence-electron chi connectivity index (χ3n) is 4.26. The van der Waals surface area contributed by atoms with Crippen molar-refractivity contribution in [1.82, 2.24) is 15.1 Å². The van der Waals surface area contributed by atoms with Crippen molar-refractivity contribution >= 4 is 27.8 Å². The number of carbonyl (C=O) groups excluding carboxylic acids is 1. The summed E-state index contributed by atoms with van der Waals surface area (Å²) in [6.45, 7) is 6.30. The zero-order chi connectivity index (χ0) is 18.4. The summed E-state index contributed by atoms with van der Waals surface area (Å²) in [6.07, 6.45) is 1.53. The first kappa shape index (κ1) is 18.5. The highest BCUT2D eigenvalue weighted by Gasteiger charge is 2.25. The second kappa shape index (κ2) is 8.89. The van der Waals surface area contributed by atoms with Crippen LogP contribution < -0.4 is 5.32 Å². The van der Waals surface area contributed by atoms with E-state index in [0.717, 1.165) is 35.6 Å². The van der Waals surface area contributed by atoms with Crippen LogP contribution in [0.3, 0.4) is 0 Å². The molecule has 0 saturated carbocycles. The lowest BCUT2D eigenvalue weighted by Crippen LogP contribution is -2.53. The van der Waals surface area contributed by atoms with Gasteiger partial charge < -0.3 is 19.5 Å². The van der Waals surface area contributed by atoms with Crippen LogP contribution in [0.15, 0.2) is 56.5 Å². The molecule has 1 amide bonds. The predicted octanol–water partition coefficient (Wildman–Crippen LogP) is 2.97. The van der Waals surface area contributed by atoms with Crippen molar-refractivity contribution < 1.29 is 9.21 Å². The molecule has 7 heteroatoms. The Morgan fingerprint density at radius 3 is 2.46 bits per heavy atom. The third kappa shape index (κ3) is 4.66. The maximum atomic E-state index is 12.4. The van der Waals surface area contributed by atoms with Crippen LogP contribution in [0.4, 0.5) is 0 Å². The van der Waals surface area contributed by atoms with Gasteiger partial charge in [-0.3, -0.25) is 4.79 Å². The van der Waals surface area contributed by atoms with E-state index in [-0.39, 0.29) is 5.91 Å². The topological polar surface area (TPSA) is 61.1 Å². The summed E-state index contributed by atoms with van der Waals surface area (Å²) < 4.78 is 6.28. The number of aliphatic imine (C=N–C) groups is 1. The van der Waals surface area contributed by atoms with Crippen LogP contribution in [-0.4, -0.2) is 54.4 Å². The smallest absolute Gasteiger partial charge is 0.289 e. The second-order valence-corrected chi connectivity index (χ2v) is 6.97. The number of benzene rings is 1. The molecule has 1 aromatic heterocycles. The Morgan fingerprint density at radius 1 is 1.15 bits per heavy atom. The van der Waals surface area contributed by atoms with Crippen molar-refractivity contribution in [1.29, 1.82) is 0 Å². The average Bonchev–Trinajstić information content (AvgIpc) is 3.21. The molecule has 1 aliphatic rings. The Kier molecular flexibility index (Phi) is 6.33. The summed E-state index contributed by atoms with van der Waals surface area (Å²) in [4.78, 5) is 21.1. The molecule has 1 aromatic carbocycles. The van der Waals surface area contributed by atoms with E-state index in [1.807, 2.05) is 17.0 Å². The molecule has 0 radical (unpaired) electrons. The molecule has 1 fully saturated rings. The van der Waals surface area contributed by atoms with Gasteiger partial charge in [0, 0.05) is 37.2 Å². The minimum atomic E-state index is -0.0496. The van der Waals surface area contributed by atoms with Crippen molar-refractivity contribution in [2.45, 2.75) is 13.5 Å². The van der Waals surface area contributed by atoms with Crippen LogP contribution in [-0.2, 0) is 6.54 Å². The molecule has 0 unspecified atom stereocenters.